The second-order valence-corrected chi connectivity index (χ2v) is 7.50. The van der Waals surface area contributed by atoms with Crippen LogP contribution in [0.2, 0.25) is 0 Å². The highest BCUT2D eigenvalue weighted by Crippen LogP contribution is 2.32. The first-order valence-electron chi connectivity index (χ1n) is 10.1. The van der Waals surface area contributed by atoms with Crippen molar-refractivity contribution in [3.63, 3.8) is 0 Å². The van der Waals surface area contributed by atoms with Crippen LogP contribution in [0, 0.1) is 11.8 Å². The molecule has 0 radical (unpaired) electrons. The predicted octanol–water partition coefficient (Wildman–Crippen LogP) is 2.60. The number of amides is 2. The molecule has 3 rings (SSSR count). The standard InChI is InChI=1S/C21H31N3O3/c1-3-23-12-14-24(15-13-23)21(26)17-10-8-16(9-11-17)20(25)22-18-6-4-5-7-19(18)27-2/h4-7,16-17H,3,8-15H2,1-2H3,(H,22,25). The molecule has 6 heteroatoms. The lowest BCUT2D eigenvalue weighted by Gasteiger charge is -2.37. The van der Waals surface area contributed by atoms with Gasteiger partial charge in [-0.2, -0.15) is 0 Å². The number of ether oxygens (including phenoxy) is 1. The summed E-state index contributed by atoms with van der Waals surface area (Å²) in [6.45, 7) is 6.82. The molecule has 148 valence electrons. The van der Waals surface area contributed by atoms with E-state index in [1.807, 2.05) is 29.2 Å². The van der Waals surface area contributed by atoms with Gasteiger partial charge in [0.1, 0.15) is 5.75 Å². The van der Waals surface area contributed by atoms with E-state index in [-0.39, 0.29) is 23.7 Å². The molecule has 0 bridgehead atoms. The lowest BCUT2D eigenvalue weighted by atomic mass is 9.80. The maximum Gasteiger partial charge on any atom is 0.227 e. The first-order chi connectivity index (χ1) is 13.1. The smallest absolute Gasteiger partial charge is 0.227 e. The summed E-state index contributed by atoms with van der Waals surface area (Å²) in [4.78, 5) is 29.8. The number of para-hydroxylation sites is 2. The molecular weight excluding hydrogens is 342 g/mol. The van der Waals surface area contributed by atoms with E-state index in [0.29, 0.717) is 11.4 Å². The number of hydrogen-bond acceptors (Lipinski definition) is 4. The monoisotopic (exact) mass is 373 g/mol. The Balaban J connectivity index is 1.48. The quantitative estimate of drug-likeness (QED) is 0.862. The van der Waals surface area contributed by atoms with Gasteiger partial charge in [-0.25, -0.2) is 0 Å². The van der Waals surface area contributed by atoms with Crippen molar-refractivity contribution in [1.29, 1.82) is 0 Å². The van der Waals surface area contributed by atoms with E-state index in [1.54, 1.807) is 7.11 Å². The SMILES string of the molecule is CCN1CCN(C(=O)C2CCC(C(=O)Nc3ccccc3OC)CC2)CC1. The molecular formula is C21H31N3O3. The van der Waals surface area contributed by atoms with E-state index < -0.39 is 0 Å². The summed E-state index contributed by atoms with van der Waals surface area (Å²) in [5, 5.41) is 2.99. The molecule has 2 amide bonds. The Labute approximate surface area is 161 Å². The van der Waals surface area contributed by atoms with Crippen LogP contribution in [0.3, 0.4) is 0 Å². The Bertz CT molecular complexity index is 648. The topological polar surface area (TPSA) is 61.9 Å². The zero-order valence-electron chi connectivity index (χ0n) is 16.4. The van der Waals surface area contributed by atoms with Gasteiger partial charge in [-0.3, -0.25) is 9.59 Å². The second-order valence-electron chi connectivity index (χ2n) is 7.50. The predicted molar refractivity (Wildman–Crippen MR) is 106 cm³/mol. The molecule has 0 spiro atoms. The van der Waals surface area contributed by atoms with E-state index in [1.165, 1.54) is 0 Å². The fraction of sp³-hybridized carbons (Fsp3) is 0.619. The van der Waals surface area contributed by atoms with Gasteiger partial charge in [-0.05, 0) is 44.4 Å². The van der Waals surface area contributed by atoms with Gasteiger partial charge in [0.25, 0.3) is 0 Å². The van der Waals surface area contributed by atoms with Gasteiger partial charge in [0.05, 0.1) is 12.8 Å². The van der Waals surface area contributed by atoms with Crippen LogP contribution < -0.4 is 10.1 Å². The van der Waals surface area contributed by atoms with E-state index in [9.17, 15) is 9.59 Å². The van der Waals surface area contributed by atoms with Gasteiger partial charge in [0.15, 0.2) is 0 Å². The Kier molecular flexibility index (Phi) is 6.72. The normalized spacial score (nSPS) is 23.7. The van der Waals surface area contributed by atoms with E-state index in [0.717, 1.165) is 58.4 Å². The minimum Gasteiger partial charge on any atom is -0.495 e. The molecule has 2 fully saturated rings. The summed E-state index contributed by atoms with van der Waals surface area (Å²) >= 11 is 0. The minimum absolute atomic E-state index is 0.0296. The third-order valence-electron chi connectivity index (χ3n) is 5.94. The zero-order valence-corrected chi connectivity index (χ0v) is 16.4. The van der Waals surface area contributed by atoms with Crippen LogP contribution in [0.25, 0.3) is 0 Å². The van der Waals surface area contributed by atoms with E-state index in [4.69, 9.17) is 4.74 Å². The molecule has 1 aliphatic carbocycles. The summed E-state index contributed by atoms with van der Waals surface area (Å²) in [5.74, 6) is 1.03. The lowest BCUT2D eigenvalue weighted by molar-refractivity contribution is -0.139. The van der Waals surface area contributed by atoms with Gasteiger partial charge in [0.2, 0.25) is 11.8 Å². The second kappa shape index (κ2) is 9.22. The van der Waals surface area contributed by atoms with Gasteiger partial charge in [0, 0.05) is 38.0 Å². The average Bonchev–Trinajstić information content (AvgIpc) is 2.73. The fourth-order valence-electron chi connectivity index (χ4n) is 4.13. The number of anilines is 1. The molecule has 1 aromatic carbocycles. The first-order valence-corrected chi connectivity index (χ1v) is 10.1. The fourth-order valence-corrected chi connectivity index (χ4v) is 4.13. The van der Waals surface area contributed by atoms with Crippen molar-refractivity contribution in [2.45, 2.75) is 32.6 Å². The van der Waals surface area contributed by atoms with Crippen molar-refractivity contribution >= 4 is 17.5 Å². The molecule has 1 saturated heterocycles. The molecule has 0 aromatic heterocycles. The molecule has 1 aliphatic heterocycles. The number of methoxy groups -OCH3 is 1. The van der Waals surface area contributed by atoms with Crippen LogP contribution in [0.15, 0.2) is 24.3 Å². The van der Waals surface area contributed by atoms with Crippen LogP contribution in [0.5, 0.6) is 5.75 Å². The van der Waals surface area contributed by atoms with Crippen LogP contribution in [-0.4, -0.2) is 61.4 Å². The molecule has 6 nitrogen and oxygen atoms in total. The van der Waals surface area contributed by atoms with Crippen LogP contribution in [0.1, 0.15) is 32.6 Å². The Morgan fingerprint density at radius 1 is 1.04 bits per heavy atom. The number of nitrogens with zero attached hydrogens (tertiary/aromatic N) is 2. The number of nitrogens with one attached hydrogen (secondary N) is 1. The van der Waals surface area contributed by atoms with Crippen molar-refractivity contribution in [3.8, 4) is 5.75 Å². The molecule has 1 saturated carbocycles. The average molecular weight is 373 g/mol. The van der Waals surface area contributed by atoms with Gasteiger partial charge in [-0.1, -0.05) is 19.1 Å². The van der Waals surface area contributed by atoms with E-state index >= 15 is 0 Å². The maximum absolute atomic E-state index is 12.8. The first kappa shape index (κ1) is 19.7. The highest BCUT2D eigenvalue weighted by Gasteiger charge is 2.33. The van der Waals surface area contributed by atoms with Crippen LogP contribution in [0.4, 0.5) is 5.69 Å². The Morgan fingerprint density at radius 2 is 1.67 bits per heavy atom. The molecule has 0 atom stereocenters. The minimum atomic E-state index is -0.0316. The molecule has 27 heavy (non-hydrogen) atoms. The number of carbonyl (C=O) groups is 2. The van der Waals surface area contributed by atoms with Crippen molar-refractivity contribution < 1.29 is 14.3 Å². The summed E-state index contributed by atoms with van der Waals surface area (Å²) in [6, 6.07) is 7.45. The lowest BCUT2D eigenvalue weighted by Crippen LogP contribution is -2.50. The highest BCUT2D eigenvalue weighted by atomic mass is 16.5. The van der Waals surface area contributed by atoms with Gasteiger partial charge >= 0.3 is 0 Å². The third kappa shape index (κ3) is 4.80. The number of hydrogen-bond donors (Lipinski definition) is 1. The summed E-state index contributed by atoms with van der Waals surface area (Å²) in [7, 11) is 1.60. The number of benzene rings is 1. The number of piperazine rings is 1. The zero-order chi connectivity index (χ0) is 19.2. The third-order valence-corrected chi connectivity index (χ3v) is 5.94. The van der Waals surface area contributed by atoms with Crippen molar-refractivity contribution in [2.75, 3.05) is 45.2 Å². The van der Waals surface area contributed by atoms with Gasteiger partial charge < -0.3 is 19.9 Å². The molecule has 1 N–H and O–H groups in total. The van der Waals surface area contributed by atoms with Gasteiger partial charge in [-0.15, -0.1) is 0 Å². The number of likely N-dealkylation sites (N-methyl/N-ethyl adjacent to an activating group) is 1. The molecule has 2 aliphatic rings. The van der Waals surface area contributed by atoms with Crippen LogP contribution >= 0.6 is 0 Å². The summed E-state index contributed by atoms with van der Waals surface area (Å²) < 4.78 is 5.30. The van der Waals surface area contributed by atoms with E-state index in [2.05, 4.69) is 17.1 Å². The summed E-state index contributed by atoms with van der Waals surface area (Å²) in [5.41, 5.74) is 0.706. The Morgan fingerprint density at radius 3 is 2.30 bits per heavy atom. The number of rotatable bonds is 5. The molecule has 0 unspecified atom stereocenters. The maximum atomic E-state index is 12.8. The summed E-state index contributed by atoms with van der Waals surface area (Å²) in [6.07, 6.45) is 3.15. The molecule has 1 aromatic rings. The number of carbonyl (C=O) groups excluding carboxylic acids is 2. The van der Waals surface area contributed by atoms with Crippen molar-refractivity contribution in [1.82, 2.24) is 9.80 Å². The Hall–Kier alpha value is -2.08. The highest BCUT2D eigenvalue weighted by molar-refractivity contribution is 5.94. The van der Waals surface area contributed by atoms with Crippen molar-refractivity contribution in [3.05, 3.63) is 24.3 Å². The largest absolute Gasteiger partial charge is 0.495 e. The molecule has 1 heterocycles. The van der Waals surface area contributed by atoms with Crippen molar-refractivity contribution in [2.24, 2.45) is 11.8 Å². The van der Waals surface area contributed by atoms with Crippen LogP contribution in [-0.2, 0) is 9.59 Å².